The summed E-state index contributed by atoms with van der Waals surface area (Å²) in [6.07, 6.45) is -5.00. The maximum atomic E-state index is 14.1. The van der Waals surface area contributed by atoms with E-state index in [2.05, 4.69) is 10.3 Å². The van der Waals surface area contributed by atoms with Crippen LogP contribution in [0, 0.1) is 5.92 Å². The first-order valence-electron chi connectivity index (χ1n) is 9.73. The third kappa shape index (κ3) is 3.79. The third-order valence-corrected chi connectivity index (χ3v) is 4.92. The molecule has 160 valence electrons. The Hall–Kier alpha value is -2.87. The lowest BCUT2D eigenvalue weighted by atomic mass is 9.92. The fraction of sp³-hybridized carbons (Fsp3) is 0.364. The van der Waals surface area contributed by atoms with Crippen LogP contribution in [-0.4, -0.2) is 33.3 Å². The number of halogens is 3. The molecule has 0 bridgehead atoms. The summed E-state index contributed by atoms with van der Waals surface area (Å²) in [5, 5.41) is 13.7. The molecule has 0 aliphatic carbocycles. The van der Waals surface area contributed by atoms with E-state index in [-0.39, 0.29) is 29.4 Å². The number of amides is 1. The maximum absolute atomic E-state index is 14.1. The molecule has 0 radical (unpaired) electrons. The number of imidazole rings is 1. The Labute approximate surface area is 172 Å². The van der Waals surface area contributed by atoms with Gasteiger partial charge in [-0.05, 0) is 31.0 Å². The Morgan fingerprint density at radius 2 is 1.83 bits per heavy atom. The molecule has 5 nitrogen and oxygen atoms in total. The number of aryl methyl sites for hydroxylation is 1. The van der Waals surface area contributed by atoms with E-state index in [1.165, 1.54) is 47.0 Å². The van der Waals surface area contributed by atoms with E-state index in [4.69, 9.17) is 0 Å². The zero-order valence-electron chi connectivity index (χ0n) is 17.0. The highest BCUT2D eigenvalue weighted by molar-refractivity contribution is 5.97. The van der Waals surface area contributed by atoms with Crippen molar-refractivity contribution in [1.29, 1.82) is 0 Å². The highest BCUT2D eigenvalue weighted by Gasteiger charge is 2.59. The normalized spacial score (nSPS) is 14.1. The molecule has 0 saturated carbocycles. The van der Waals surface area contributed by atoms with Crippen molar-refractivity contribution in [3.63, 3.8) is 0 Å². The molecule has 30 heavy (non-hydrogen) atoms. The highest BCUT2D eigenvalue weighted by Crippen LogP contribution is 2.44. The topological polar surface area (TPSA) is 67.1 Å². The summed E-state index contributed by atoms with van der Waals surface area (Å²) >= 11 is 0. The van der Waals surface area contributed by atoms with Gasteiger partial charge >= 0.3 is 6.18 Å². The van der Waals surface area contributed by atoms with Crippen molar-refractivity contribution in [1.82, 2.24) is 14.9 Å². The number of aliphatic hydroxyl groups is 1. The minimum absolute atomic E-state index is 0.133. The number of aromatic nitrogens is 2. The molecule has 8 heteroatoms. The highest BCUT2D eigenvalue weighted by atomic mass is 19.4. The molecular weight excluding hydrogens is 395 g/mol. The Morgan fingerprint density at radius 3 is 2.40 bits per heavy atom. The predicted octanol–water partition coefficient (Wildman–Crippen LogP) is 4.24. The summed E-state index contributed by atoms with van der Waals surface area (Å²) in [5.41, 5.74) is -2.67. The van der Waals surface area contributed by atoms with Gasteiger partial charge in [-0.3, -0.25) is 4.79 Å². The van der Waals surface area contributed by atoms with Crippen molar-refractivity contribution in [3.8, 4) is 0 Å². The van der Waals surface area contributed by atoms with Crippen LogP contribution in [0.2, 0.25) is 0 Å². The molecule has 0 aliphatic rings. The Balaban J connectivity index is 2.17. The summed E-state index contributed by atoms with van der Waals surface area (Å²) in [7, 11) is 0. The van der Waals surface area contributed by atoms with Gasteiger partial charge in [-0.25, -0.2) is 4.98 Å². The van der Waals surface area contributed by atoms with Gasteiger partial charge in [0.1, 0.15) is 0 Å². The molecule has 1 atom stereocenters. The quantitative estimate of drug-likeness (QED) is 0.628. The summed E-state index contributed by atoms with van der Waals surface area (Å²) in [5.74, 6) is -0.582. The van der Waals surface area contributed by atoms with Gasteiger partial charge in [0.2, 0.25) is 5.60 Å². The standard InChI is InChI=1S/C22H24F3N3O2/c1-4-28-18-12-15(19(29)26-13-14(2)3)10-11-17(18)27-20(28)21(30,22(23,24)25)16-8-6-5-7-9-16/h5-12,14,30H,4,13H2,1-3H3,(H,26,29). The van der Waals surface area contributed by atoms with Gasteiger partial charge < -0.3 is 15.0 Å². The van der Waals surface area contributed by atoms with Crippen LogP contribution in [0.25, 0.3) is 11.0 Å². The molecule has 0 aliphatic heterocycles. The number of fused-ring (bicyclic) bond motifs is 1. The third-order valence-electron chi connectivity index (χ3n) is 4.92. The van der Waals surface area contributed by atoms with E-state index in [1.54, 1.807) is 13.0 Å². The van der Waals surface area contributed by atoms with Crippen LogP contribution in [0.3, 0.4) is 0 Å². The van der Waals surface area contributed by atoms with Gasteiger partial charge in [0.25, 0.3) is 5.91 Å². The second kappa shape index (κ2) is 8.10. The van der Waals surface area contributed by atoms with Gasteiger partial charge in [0.05, 0.1) is 11.0 Å². The number of carbonyl (C=O) groups excluding carboxylic acids is 1. The summed E-state index contributed by atoms with van der Waals surface area (Å²) in [4.78, 5) is 16.5. The van der Waals surface area contributed by atoms with Crippen molar-refractivity contribution < 1.29 is 23.1 Å². The van der Waals surface area contributed by atoms with Gasteiger partial charge in [0, 0.05) is 24.2 Å². The van der Waals surface area contributed by atoms with E-state index in [1.807, 2.05) is 13.8 Å². The van der Waals surface area contributed by atoms with Crippen LogP contribution < -0.4 is 5.32 Å². The number of carbonyl (C=O) groups is 1. The number of hydrogen-bond acceptors (Lipinski definition) is 3. The second-order valence-corrected chi connectivity index (χ2v) is 7.56. The fourth-order valence-electron chi connectivity index (χ4n) is 3.36. The van der Waals surface area contributed by atoms with Crippen molar-refractivity contribution in [2.24, 2.45) is 5.92 Å². The number of rotatable bonds is 6. The van der Waals surface area contributed by atoms with Crippen molar-refractivity contribution in [2.75, 3.05) is 6.54 Å². The SMILES string of the molecule is CCn1c(C(O)(c2ccccc2)C(F)(F)F)nc2ccc(C(=O)NCC(C)C)cc21. The first kappa shape index (κ1) is 21.8. The first-order valence-corrected chi connectivity index (χ1v) is 9.73. The molecule has 0 saturated heterocycles. The van der Waals surface area contributed by atoms with Gasteiger partial charge in [-0.2, -0.15) is 13.2 Å². The van der Waals surface area contributed by atoms with Crippen LogP contribution in [0.5, 0.6) is 0 Å². The van der Waals surface area contributed by atoms with E-state index in [9.17, 15) is 23.1 Å². The number of alkyl halides is 3. The van der Waals surface area contributed by atoms with Crippen LogP contribution >= 0.6 is 0 Å². The molecular formula is C22H24F3N3O2. The lowest BCUT2D eigenvalue weighted by Gasteiger charge is -2.30. The van der Waals surface area contributed by atoms with Crippen LogP contribution in [0.4, 0.5) is 13.2 Å². The molecule has 0 spiro atoms. The Kier molecular flexibility index (Phi) is 5.90. The van der Waals surface area contributed by atoms with Gasteiger partial charge in [-0.15, -0.1) is 0 Å². The maximum Gasteiger partial charge on any atom is 0.428 e. The first-order chi connectivity index (χ1) is 14.1. The zero-order valence-corrected chi connectivity index (χ0v) is 17.0. The second-order valence-electron chi connectivity index (χ2n) is 7.56. The van der Waals surface area contributed by atoms with E-state index >= 15 is 0 Å². The van der Waals surface area contributed by atoms with E-state index < -0.39 is 17.6 Å². The van der Waals surface area contributed by atoms with Crippen LogP contribution in [0.1, 0.15) is 42.5 Å². The summed E-state index contributed by atoms with van der Waals surface area (Å²) in [6, 6.07) is 11.4. The zero-order chi connectivity index (χ0) is 22.1. The molecule has 1 unspecified atom stereocenters. The van der Waals surface area contributed by atoms with Gasteiger partial charge in [-0.1, -0.05) is 44.2 Å². The van der Waals surface area contributed by atoms with Crippen molar-refractivity contribution in [3.05, 3.63) is 65.5 Å². The number of hydrogen-bond donors (Lipinski definition) is 2. The van der Waals surface area contributed by atoms with Crippen molar-refractivity contribution >= 4 is 16.9 Å². The predicted molar refractivity (Wildman–Crippen MR) is 108 cm³/mol. The molecule has 3 rings (SSSR count). The van der Waals surface area contributed by atoms with E-state index in [0.29, 0.717) is 17.6 Å². The minimum atomic E-state index is -5.00. The fourth-order valence-corrected chi connectivity index (χ4v) is 3.36. The van der Waals surface area contributed by atoms with Gasteiger partial charge in [0.15, 0.2) is 5.82 Å². The number of nitrogens with zero attached hydrogens (tertiary/aromatic N) is 2. The smallest absolute Gasteiger partial charge is 0.370 e. The average Bonchev–Trinajstić information content (AvgIpc) is 3.09. The lowest BCUT2D eigenvalue weighted by molar-refractivity contribution is -0.252. The lowest BCUT2D eigenvalue weighted by Crippen LogP contribution is -2.45. The largest absolute Gasteiger partial charge is 0.428 e. The molecule has 2 aromatic carbocycles. The summed E-state index contributed by atoms with van der Waals surface area (Å²) < 4.78 is 43.7. The molecule has 3 aromatic rings. The molecule has 1 amide bonds. The molecule has 2 N–H and O–H groups in total. The van der Waals surface area contributed by atoms with Crippen molar-refractivity contribution in [2.45, 2.75) is 39.1 Å². The molecule has 1 aromatic heterocycles. The molecule has 0 fully saturated rings. The monoisotopic (exact) mass is 419 g/mol. The minimum Gasteiger partial charge on any atom is -0.370 e. The molecule has 1 heterocycles. The van der Waals surface area contributed by atoms with Crippen LogP contribution in [0.15, 0.2) is 48.5 Å². The number of nitrogens with one attached hydrogen (secondary N) is 1. The Bertz CT molecular complexity index is 1040. The van der Waals surface area contributed by atoms with E-state index in [0.717, 1.165) is 0 Å². The van der Waals surface area contributed by atoms with Crippen LogP contribution in [-0.2, 0) is 12.1 Å². The average molecular weight is 419 g/mol. The number of benzene rings is 2. The summed E-state index contributed by atoms with van der Waals surface area (Å²) in [6.45, 7) is 6.20. The Morgan fingerprint density at radius 1 is 1.17 bits per heavy atom.